The zero-order valence-electron chi connectivity index (χ0n) is 7.35. The van der Waals surface area contributed by atoms with Crippen LogP contribution >= 0.6 is 31.9 Å². The maximum absolute atomic E-state index is 3.72. The average molecular weight is 305 g/mol. The van der Waals surface area contributed by atoms with E-state index in [-0.39, 0.29) is 6.04 Å². The molecule has 1 unspecified atom stereocenters. The predicted molar refractivity (Wildman–Crippen MR) is 65.1 cm³/mol. The summed E-state index contributed by atoms with van der Waals surface area (Å²) in [5.41, 5.74) is 1.06. The molecule has 1 atom stereocenters. The van der Waals surface area contributed by atoms with Crippen molar-refractivity contribution in [3.8, 4) is 0 Å². The molecule has 0 aliphatic carbocycles. The molecule has 0 bridgehead atoms. The number of hydrogen-bond acceptors (Lipinski definition) is 1. The van der Waals surface area contributed by atoms with Gasteiger partial charge in [0.1, 0.15) is 0 Å². The molecule has 0 saturated heterocycles. The summed E-state index contributed by atoms with van der Waals surface area (Å²) in [5, 5.41) is 3.32. The van der Waals surface area contributed by atoms with E-state index in [1.165, 1.54) is 0 Å². The minimum absolute atomic E-state index is 0.259. The van der Waals surface area contributed by atoms with E-state index in [1.54, 1.807) is 0 Å². The molecule has 0 heterocycles. The molecular formula is C10H11Br2N. The van der Waals surface area contributed by atoms with Gasteiger partial charge in [0.2, 0.25) is 0 Å². The topological polar surface area (TPSA) is 12.0 Å². The summed E-state index contributed by atoms with van der Waals surface area (Å²) in [6.07, 6.45) is 1.87. The highest BCUT2D eigenvalue weighted by Gasteiger charge is 2.05. The second-order valence-electron chi connectivity index (χ2n) is 2.77. The van der Waals surface area contributed by atoms with Gasteiger partial charge in [-0.05, 0) is 50.9 Å². The Morgan fingerprint density at radius 1 is 1.38 bits per heavy atom. The van der Waals surface area contributed by atoms with E-state index in [9.17, 15) is 0 Å². The lowest BCUT2D eigenvalue weighted by atomic mass is 10.2. The van der Waals surface area contributed by atoms with Gasteiger partial charge >= 0.3 is 0 Å². The summed E-state index contributed by atoms with van der Waals surface area (Å²) in [6, 6.07) is 6.25. The molecule has 0 aliphatic rings. The number of anilines is 1. The Labute approximate surface area is 95.5 Å². The van der Waals surface area contributed by atoms with Gasteiger partial charge in [0.15, 0.2) is 0 Å². The molecule has 1 aromatic carbocycles. The van der Waals surface area contributed by atoms with E-state index in [2.05, 4.69) is 50.7 Å². The van der Waals surface area contributed by atoms with Gasteiger partial charge < -0.3 is 5.32 Å². The first kappa shape index (κ1) is 10.8. The first-order valence-electron chi connectivity index (χ1n) is 3.98. The molecule has 1 N–H and O–H groups in total. The zero-order valence-corrected chi connectivity index (χ0v) is 10.5. The molecule has 0 radical (unpaired) electrons. The smallest absolute Gasteiger partial charge is 0.0633 e. The lowest BCUT2D eigenvalue weighted by molar-refractivity contribution is 0.998. The van der Waals surface area contributed by atoms with E-state index in [0.29, 0.717) is 0 Å². The van der Waals surface area contributed by atoms with Crippen LogP contribution in [0.2, 0.25) is 0 Å². The molecule has 13 heavy (non-hydrogen) atoms. The fraction of sp³-hybridized carbons (Fsp3) is 0.200. The summed E-state index contributed by atoms with van der Waals surface area (Å²) < 4.78 is 2.10. The lowest BCUT2D eigenvalue weighted by Crippen LogP contribution is -2.11. The van der Waals surface area contributed by atoms with Crippen LogP contribution in [0.1, 0.15) is 6.92 Å². The fourth-order valence-electron chi connectivity index (χ4n) is 0.922. The van der Waals surface area contributed by atoms with Gasteiger partial charge in [0.05, 0.1) is 5.69 Å². The Morgan fingerprint density at radius 3 is 2.38 bits per heavy atom. The normalized spacial score (nSPS) is 12.2. The van der Waals surface area contributed by atoms with Crippen molar-refractivity contribution >= 4 is 37.5 Å². The molecule has 0 amide bonds. The van der Waals surface area contributed by atoms with Crippen LogP contribution in [-0.2, 0) is 0 Å². The van der Waals surface area contributed by atoms with Gasteiger partial charge in [-0.25, -0.2) is 0 Å². The van der Waals surface area contributed by atoms with E-state index >= 15 is 0 Å². The lowest BCUT2D eigenvalue weighted by Gasteiger charge is -2.14. The molecule has 1 rings (SSSR count). The predicted octanol–water partition coefficient (Wildman–Crippen LogP) is 4.20. The molecule has 0 aromatic heterocycles. The Morgan fingerprint density at radius 2 is 1.92 bits per heavy atom. The third-order valence-electron chi connectivity index (χ3n) is 1.69. The van der Waals surface area contributed by atoms with Crippen molar-refractivity contribution in [2.75, 3.05) is 5.32 Å². The Bertz CT molecular complexity index is 290. The van der Waals surface area contributed by atoms with Crippen LogP contribution in [0, 0.1) is 0 Å². The number of benzene rings is 1. The van der Waals surface area contributed by atoms with E-state index in [4.69, 9.17) is 0 Å². The van der Waals surface area contributed by atoms with Crippen molar-refractivity contribution in [2.24, 2.45) is 0 Å². The van der Waals surface area contributed by atoms with Gasteiger partial charge in [-0.2, -0.15) is 0 Å². The standard InChI is InChI=1S/C10H11Br2N/c1-3-7(2)13-10-8(11)5-4-6-9(10)12/h3-7,13H,1H2,2H3. The van der Waals surface area contributed by atoms with Crippen molar-refractivity contribution in [2.45, 2.75) is 13.0 Å². The molecule has 3 heteroatoms. The highest BCUT2D eigenvalue weighted by Crippen LogP contribution is 2.30. The molecule has 70 valence electrons. The maximum Gasteiger partial charge on any atom is 0.0633 e. The largest absolute Gasteiger partial charge is 0.377 e. The molecule has 1 aromatic rings. The van der Waals surface area contributed by atoms with Gasteiger partial charge in [0.25, 0.3) is 0 Å². The number of halogens is 2. The van der Waals surface area contributed by atoms with E-state index in [1.807, 2.05) is 24.3 Å². The monoisotopic (exact) mass is 303 g/mol. The van der Waals surface area contributed by atoms with Crippen molar-refractivity contribution in [3.05, 3.63) is 39.8 Å². The third kappa shape index (κ3) is 2.85. The van der Waals surface area contributed by atoms with Crippen LogP contribution in [0.5, 0.6) is 0 Å². The molecule has 0 saturated carbocycles. The summed E-state index contributed by atoms with van der Waals surface area (Å²) >= 11 is 6.96. The van der Waals surface area contributed by atoms with Crippen LogP contribution in [-0.4, -0.2) is 6.04 Å². The van der Waals surface area contributed by atoms with Crippen LogP contribution in [0.3, 0.4) is 0 Å². The molecule has 0 aliphatic heterocycles. The van der Waals surface area contributed by atoms with Gasteiger partial charge in [-0.1, -0.05) is 12.1 Å². The highest BCUT2D eigenvalue weighted by molar-refractivity contribution is 9.11. The maximum atomic E-state index is 3.72. The first-order chi connectivity index (χ1) is 6.15. The van der Waals surface area contributed by atoms with Gasteiger partial charge in [-0.3, -0.25) is 0 Å². The van der Waals surface area contributed by atoms with Gasteiger partial charge in [0, 0.05) is 15.0 Å². The summed E-state index contributed by atoms with van der Waals surface area (Å²) in [6.45, 7) is 5.78. The van der Waals surface area contributed by atoms with Crippen molar-refractivity contribution in [3.63, 3.8) is 0 Å². The van der Waals surface area contributed by atoms with Crippen LogP contribution in [0.15, 0.2) is 39.8 Å². The number of para-hydroxylation sites is 1. The summed E-state index contributed by atoms with van der Waals surface area (Å²) in [7, 11) is 0. The number of hydrogen-bond donors (Lipinski definition) is 1. The quantitative estimate of drug-likeness (QED) is 0.825. The summed E-state index contributed by atoms with van der Waals surface area (Å²) in [5.74, 6) is 0. The van der Waals surface area contributed by atoms with Crippen molar-refractivity contribution in [1.82, 2.24) is 0 Å². The summed E-state index contributed by atoms with van der Waals surface area (Å²) in [4.78, 5) is 0. The van der Waals surface area contributed by atoms with Crippen molar-refractivity contribution < 1.29 is 0 Å². The van der Waals surface area contributed by atoms with Gasteiger partial charge in [-0.15, -0.1) is 6.58 Å². The average Bonchev–Trinajstić information content (AvgIpc) is 2.11. The minimum atomic E-state index is 0.259. The molecular weight excluding hydrogens is 294 g/mol. The molecule has 0 spiro atoms. The van der Waals surface area contributed by atoms with E-state index < -0.39 is 0 Å². The highest BCUT2D eigenvalue weighted by atomic mass is 79.9. The Kier molecular flexibility index (Phi) is 4.00. The zero-order chi connectivity index (χ0) is 9.84. The molecule has 0 fully saturated rings. The van der Waals surface area contributed by atoms with E-state index in [0.717, 1.165) is 14.6 Å². The second-order valence-corrected chi connectivity index (χ2v) is 4.47. The SMILES string of the molecule is C=CC(C)Nc1c(Br)cccc1Br. The number of rotatable bonds is 3. The van der Waals surface area contributed by atoms with Crippen LogP contribution in [0.25, 0.3) is 0 Å². The Hall–Kier alpha value is -0.280. The fourth-order valence-corrected chi connectivity index (χ4v) is 2.15. The van der Waals surface area contributed by atoms with Crippen LogP contribution < -0.4 is 5.32 Å². The van der Waals surface area contributed by atoms with Crippen LogP contribution in [0.4, 0.5) is 5.69 Å². The third-order valence-corrected chi connectivity index (χ3v) is 3.01. The Balaban J connectivity index is 2.93. The minimum Gasteiger partial charge on any atom is -0.377 e. The van der Waals surface area contributed by atoms with Crippen molar-refractivity contribution in [1.29, 1.82) is 0 Å². The second kappa shape index (κ2) is 4.82. The number of nitrogens with one attached hydrogen (secondary N) is 1. The first-order valence-corrected chi connectivity index (χ1v) is 5.57. The molecule has 1 nitrogen and oxygen atoms in total.